The molecule has 2 aliphatic rings. The second kappa shape index (κ2) is 7.06. The van der Waals surface area contributed by atoms with Gasteiger partial charge in [-0.05, 0) is 30.6 Å². The first-order valence-corrected chi connectivity index (χ1v) is 10.8. The number of nitrogens with two attached hydrogens (primary N) is 1. The molecular weight excluding hydrogens is 384 g/mol. The first-order chi connectivity index (χ1) is 12.4. The van der Waals surface area contributed by atoms with E-state index in [4.69, 9.17) is 31.3 Å². The van der Waals surface area contributed by atoms with Crippen molar-refractivity contribution in [2.24, 2.45) is 5.92 Å². The monoisotopic (exact) mass is 403 g/mol. The first kappa shape index (κ1) is 18.1. The summed E-state index contributed by atoms with van der Waals surface area (Å²) in [5.41, 5.74) is 7.09. The zero-order valence-corrected chi connectivity index (χ0v) is 15.5. The third kappa shape index (κ3) is 3.60. The molecule has 3 N–H and O–H groups in total. The molecule has 0 aromatic carbocycles. The molecule has 0 amide bonds. The number of hydrogen-bond donors (Lipinski definition) is 2. The maximum Gasteiger partial charge on any atom is 0.324 e. The summed E-state index contributed by atoms with van der Waals surface area (Å²) in [6.45, 7) is -3.19. The van der Waals surface area contributed by atoms with Gasteiger partial charge in [-0.25, -0.2) is 19.3 Å². The Morgan fingerprint density at radius 3 is 2.92 bits per heavy atom. The molecule has 1 saturated carbocycles. The Morgan fingerprint density at radius 2 is 2.19 bits per heavy atom. The lowest BCUT2D eigenvalue weighted by Gasteiger charge is -2.36. The summed E-state index contributed by atoms with van der Waals surface area (Å²) in [5.74, 6) is 0.573. The lowest BCUT2D eigenvalue weighted by Crippen LogP contribution is -2.30. The van der Waals surface area contributed by atoms with Crippen molar-refractivity contribution in [3.63, 3.8) is 0 Å². The lowest BCUT2D eigenvalue weighted by molar-refractivity contribution is 0.0707. The average molecular weight is 403 g/mol. The molecule has 2 aromatic heterocycles. The van der Waals surface area contributed by atoms with E-state index in [1.54, 1.807) is 6.33 Å². The molecule has 0 radical (unpaired) electrons. The molecule has 3 heterocycles. The van der Waals surface area contributed by atoms with Crippen LogP contribution in [-0.2, 0) is 25.6 Å². The van der Waals surface area contributed by atoms with E-state index < -0.39 is 19.0 Å². The number of fused-ring (bicyclic) bond motifs is 1. The van der Waals surface area contributed by atoms with Crippen molar-refractivity contribution >= 4 is 35.5 Å². The SMILES string of the molecule is Nc1ncnc2c1ncn2C1CC(COP(O)(=S)O[C@H]2COC[C@H]2F)C1. The topological polar surface area (TPSA) is 118 Å². The van der Waals surface area contributed by atoms with Gasteiger partial charge in [-0.3, -0.25) is 4.52 Å². The highest BCUT2D eigenvalue weighted by Crippen LogP contribution is 2.49. The predicted octanol–water partition coefficient (Wildman–Crippen LogP) is 1.35. The van der Waals surface area contributed by atoms with Gasteiger partial charge in [0.1, 0.15) is 17.9 Å². The summed E-state index contributed by atoms with van der Waals surface area (Å²) in [6.07, 6.45) is 2.62. The second-order valence-electron chi connectivity index (χ2n) is 6.54. The second-order valence-corrected chi connectivity index (χ2v) is 9.33. The fourth-order valence-corrected chi connectivity index (χ4v) is 4.72. The van der Waals surface area contributed by atoms with Crippen molar-refractivity contribution in [2.45, 2.75) is 31.2 Å². The van der Waals surface area contributed by atoms with Crippen LogP contribution in [0.3, 0.4) is 0 Å². The maximum absolute atomic E-state index is 13.5. The number of hydrogen-bond acceptors (Lipinski definition) is 8. The van der Waals surface area contributed by atoms with Crippen molar-refractivity contribution in [3.05, 3.63) is 12.7 Å². The number of halogens is 1. The van der Waals surface area contributed by atoms with Crippen molar-refractivity contribution in [1.29, 1.82) is 0 Å². The van der Waals surface area contributed by atoms with Gasteiger partial charge in [0, 0.05) is 6.04 Å². The van der Waals surface area contributed by atoms with Crippen molar-refractivity contribution < 1.29 is 23.1 Å². The Labute approximate surface area is 153 Å². The minimum atomic E-state index is -3.48. The molecule has 1 aliphatic heterocycles. The Kier molecular flexibility index (Phi) is 4.93. The van der Waals surface area contributed by atoms with Gasteiger partial charge < -0.3 is 24.5 Å². The Hall–Kier alpha value is -1.23. The molecule has 1 aliphatic carbocycles. The highest BCUT2D eigenvalue weighted by Gasteiger charge is 2.36. The molecule has 4 rings (SSSR count). The van der Waals surface area contributed by atoms with Gasteiger partial charge >= 0.3 is 6.72 Å². The number of aromatic nitrogens is 4. The minimum Gasteiger partial charge on any atom is -0.382 e. The summed E-state index contributed by atoms with van der Waals surface area (Å²) in [6, 6.07) is 0.221. The number of imidazole rings is 1. The van der Waals surface area contributed by atoms with Gasteiger partial charge in [0.25, 0.3) is 0 Å². The number of rotatable bonds is 6. The summed E-state index contributed by atoms with van der Waals surface area (Å²) >= 11 is 4.96. The fourth-order valence-electron chi connectivity index (χ4n) is 3.21. The normalized spacial score (nSPS) is 31.0. The molecule has 1 saturated heterocycles. The predicted molar refractivity (Wildman–Crippen MR) is 94.5 cm³/mol. The summed E-state index contributed by atoms with van der Waals surface area (Å²) in [5, 5.41) is 0. The van der Waals surface area contributed by atoms with E-state index in [1.807, 2.05) is 4.57 Å². The molecule has 12 heteroatoms. The van der Waals surface area contributed by atoms with Crippen LogP contribution in [0.1, 0.15) is 18.9 Å². The van der Waals surface area contributed by atoms with Crippen LogP contribution in [-0.4, -0.2) is 56.5 Å². The molecular formula is C14H19FN5O4PS. The summed E-state index contributed by atoms with van der Waals surface area (Å²) in [7, 11) is 0. The zero-order valence-electron chi connectivity index (χ0n) is 13.8. The molecule has 2 fully saturated rings. The van der Waals surface area contributed by atoms with Crippen LogP contribution in [0.4, 0.5) is 10.2 Å². The first-order valence-electron chi connectivity index (χ1n) is 8.23. The number of nitrogens with zero attached hydrogens (tertiary/aromatic N) is 4. The molecule has 26 heavy (non-hydrogen) atoms. The fraction of sp³-hybridized carbons (Fsp3) is 0.643. The van der Waals surface area contributed by atoms with Crippen LogP contribution < -0.4 is 5.73 Å². The largest absolute Gasteiger partial charge is 0.382 e. The maximum atomic E-state index is 13.5. The van der Waals surface area contributed by atoms with Crippen molar-refractivity contribution in [1.82, 2.24) is 19.5 Å². The van der Waals surface area contributed by atoms with Crippen LogP contribution in [0.15, 0.2) is 12.7 Å². The highest BCUT2D eigenvalue weighted by atomic mass is 32.5. The summed E-state index contributed by atoms with van der Waals surface area (Å²) in [4.78, 5) is 22.5. The molecule has 3 atom stereocenters. The molecule has 0 spiro atoms. The average Bonchev–Trinajstić information content (AvgIpc) is 3.14. The van der Waals surface area contributed by atoms with Crippen molar-refractivity contribution in [3.8, 4) is 0 Å². The molecule has 0 bridgehead atoms. The Morgan fingerprint density at radius 1 is 1.38 bits per heavy atom. The Balaban J connectivity index is 1.29. The molecule has 9 nitrogen and oxygen atoms in total. The van der Waals surface area contributed by atoms with Gasteiger partial charge in [-0.1, -0.05) is 0 Å². The minimum absolute atomic E-state index is 0.0444. The standard InChI is InChI=1S/C14H19FN5O4PS/c15-10-4-22-5-11(10)24-25(21,26)23-3-8-1-9(2-8)20-7-19-12-13(16)17-6-18-14(12)20/h6-11H,1-5H2,(H,21,26)(H2,16,17,18)/t8?,9?,10-,11+,25?/m1/s1. The van der Waals surface area contributed by atoms with E-state index in [-0.39, 0.29) is 31.8 Å². The number of alkyl halides is 1. The zero-order chi connectivity index (χ0) is 18.3. The lowest BCUT2D eigenvalue weighted by atomic mass is 9.81. The Bertz CT molecular complexity index is 848. The number of anilines is 1. The highest BCUT2D eigenvalue weighted by molar-refractivity contribution is 8.07. The van der Waals surface area contributed by atoms with Gasteiger partial charge in [-0.2, -0.15) is 0 Å². The summed E-state index contributed by atoms with van der Waals surface area (Å²) < 4.78 is 31.0. The third-order valence-electron chi connectivity index (χ3n) is 4.70. The van der Waals surface area contributed by atoms with Gasteiger partial charge in [0.2, 0.25) is 0 Å². The van der Waals surface area contributed by atoms with Crippen LogP contribution >= 0.6 is 6.72 Å². The molecule has 1 unspecified atom stereocenters. The van der Waals surface area contributed by atoms with E-state index in [0.717, 1.165) is 12.8 Å². The third-order valence-corrected chi connectivity index (χ3v) is 6.28. The molecule has 142 valence electrons. The van der Waals surface area contributed by atoms with Gasteiger partial charge in [0.15, 0.2) is 17.6 Å². The van der Waals surface area contributed by atoms with E-state index in [0.29, 0.717) is 17.0 Å². The van der Waals surface area contributed by atoms with Crippen molar-refractivity contribution in [2.75, 3.05) is 25.6 Å². The van der Waals surface area contributed by atoms with Crippen LogP contribution in [0, 0.1) is 5.92 Å². The van der Waals surface area contributed by atoms with Crippen LogP contribution in [0.2, 0.25) is 0 Å². The number of nitrogen functional groups attached to an aromatic ring is 1. The van der Waals surface area contributed by atoms with Crippen LogP contribution in [0.25, 0.3) is 11.2 Å². The van der Waals surface area contributed by atoms with Crippen LogP contribution in [0.5, 0.6) is 0 Å². The smallest absolute Gasteiger partial charge is 0.324 e. The van der Waals surface area contributed by atoms with E-state index >= 15 is 0 Å². The van der Waals surface area contributed by atoms with Gasteiger partial charge in [0.05, 0.1) is 26.1 Å². The van der Waals surface area contributed by atoms with E-state index in [9.17, 15) is 9.28 Å². The van der Waals surface area contributed by atoms with E-state index in [2.05, 4.69) is 15.0 Å². The number of ether oxygens (including phenoxy) is 1. The quantitative estimate of drug-likeness (QED) is 0.689. The molecule has 2 aromatic rings. The van der Waals surface area contributed by atoms with Gasteiger partial charge in [-0.15, -0.1) is 0 Å². The van der Waals surface area contributed by atoms with E-state index in [1.165, 1.54) is 6.33 Å².